The Morgan fingerprint density at radius 1 is 0.833 bits per heavy atom. The topological polar surface area (TPSA) is 82.2 Å². The third kappa shape index (κ3) is 6.08. The zero-order valence-corrected chi connectivity index (χ0v) is 23.2. The third-order valence-electron chi connectivity index (χ3n) is 11.0. The minimum Gasteiger partial charge on any atom is -0.387 e. The molecule has 4 saturated carbocycles. The minimum absolute atomic E-state index is 0.132. The summed E-state index contributed by atoms with van der Waals surface area (Å²) in [4.78, 5) is 16.2. The van der Waals surface area contributed by atoms with Crippen LogP contribution in [0.1, 0.15) is 109 Å². The molecule has 1 aliphatic heterocycles. The van der Waals surface area contributed by atoms with E-state index in [9.17, 15) is 4.79 Å². The second-order valence-corrected chi connectivity index (χ2v) is 13.7. The van der Waals surface area contributed by atoms with Crippen molar-refractivity contribution in [1.82, 2.24) is 10.2 Å². The summed E-state index contributed by atoms with van der Waals surface area (Å²) in [6.45, 7) is 1.80. The van der Waals surface area contributed by atoms with Crippen molar-refractivity contribution in [3.8, 4) is 0 Å². The molecule has 1 amide bonds. The van der Waals surface area contributed by atoms with Gasteiger partial charge in [0.05, 0.1) is 11.2 Å². The van der Waals surface area contributed by atoms with E-state index in [0.717, 1.165) is 44.2 Å². The highest BCUT2D eigenvalue weighted by Crippen LogP contribution is 2.46. The van der Waals surface area contributed by atoms with Gasteiger partial charge in [-0.15, -0.1) is 11.6 Å². The predicted octanol–water partition coefficient (Wildman–Crippen LogP) is 6.08. The van der Waals surface area contributed by atoms with E-state index in [0.29, 0.717) is 23.6 Å². The van der Waals surface area contributed by atoms with Crippen LogP contribution in [0.2, 0.25) is 0 Å². The van der Waals surface area contributed by atoms with E-state index >= 15 is 0 Å². The van der Waals surface area contributed by atoms with Crippen molar-refractivity contribution >= 4 is 23.3 Å². The van der Waals surface area contributed by atoms with Gasteiger partial charge in [-0.1, -0.05) is 51.4 Å². The van der Waals surface area contributed by atoms with Crippen molar-refractivity contribution in [2.45, 2.75) is 127 Å². The Kier molecular flexibility index (Phi) is 9.20. The van der Waals surface area contributed by atoms with E-state index in [4.69, 9.17) is 22.7 Å². The maximum atomic E-state index is 13.7. The zero-order valence-electron chi connectivity index (χ0n) is 22.4. The number of hydrogen-bond acceptors (Lipinski definition) is 3. The molecule has 4 N–H and O–H groups in total. The lowest BCUT2D eigenvalue weighted by Crippen LogP contribution is -2.51. The average Bonchev–Trinajstić information content (AvgIpc) is 3.19. The number of halogens is 1. The Morgan fingerprint density at radius 2 is 1.47 bits per heavy atom. The van der Waals surface area contributed by atoms with Gasteiger partial charge in [0.15, 0.2) is 0 Å². The molecular weight excluding hydrogens is 468 g/mol. The molecule has 5 aliphatic rings. The normalized spacial score (nSPS) is 39.0. The molecule has 0 spiro atoms. The van der Waals surface area contributed by atoms with Crippen LogP contribution in [0.4, 0.5) is 0 Å². The number of nitrogens with zero attached hydrogens (tertiary/aromatic N) is 1. The van der Waals surface area contributed by atoms with Crippen LogP contribution in [0.5, 0.6) is 0 Å². The Bertz CT molecular complexity index is 741. The molecule has 5 nitrogen and oxygen atoms in total. The first-order chi connectivity index (χ1) is 17.5. The van der Waals surface area contributed by atoms with E-state index in [1.807, 2.05) is 0 Å². The van der Waals surface area contributed by atoms with Gasteiger partial charge < -0.3 is 11.1 Å². The molecule has 4 aliphatic carbocycles. The number of fused-ring (bicyclic) bond motifs is 1. The Hall–Kier alpha value is -0.810. The van der Waals surface area contributed by atoms with E-state index in [-0.39, 0.29) is 29.3 Å². The fraction of sp³-hybridized carbons (Fsp3) is 0.933. The van der Waals surface area contributed by atoms with Gasteiger partial charge in [-0.3, -0.25) is 15.1 Å². The molecule has 36 heavy (non-hydrogen) atoms. The molecule has 5 rings (SSSR count). The quantitative estimate of drug-likeness (QED) is 0.217. The fourth-order valence-electron chi connectivity index (χ4n) is 8.86. The van der Waals surface area contributed by atoms with Crippen LogP contribution < -0.4 is 11.1 Å². The minimum atomic E-state index is -0.230. The van der Waals surface area contributed by atoms with Gasteiger partial charge >= 0.3 is 0 Å². The number of hydrogen-bond donors (Lipinski definition) is 3. The van der Waals surface area contributed by atoms with Crippen molar-refractivity contribution in [3.05, 3.63) is 0 Å². The highest BCUT2D eigenvalue weighted by atomic mass is 35.5. The van der Waals surface area contributed by atoms with Gasteiger partial charge in [0.2, 0.25) is 5.91 Å². The lowest BCUT2D eigenvalue weighted by molar-refractivity contribution is -0.126. The fourth-order valence-corrected chi connectivity index (χ4v) is 9.41. The van der Waals surface area contributed by atoms with Crippen LogP contribution in [0.25, 0.3) is 0 Å². The van der Waals surface area contributed by atoms with Gasteiger partial charge in [-0.2, -0.15) is 0 Å². The van der Waals surface area contributed by atoms with Crippen molar-refractivity contribution < 1.29 is 4.79 Å². The van der Waals surface area contributed by atoms with E-state index in [1.165, 1.54) is 89.9 Å². The van der Waals surface area contributed by atoms with Crippen LogP contribution in [-0.2, 0) is 4.79 Å². The van der Waals surface area contributed by atoms with Crippen molar-refractivity contribution in [1.29, 1.82) is 5.41 Å². The molecule has 5 atom stereocenters. The van der Waals surface area contributed by atoms with E-state index in [2.05, 4.69) is 10.2 Å². The summed E-state index contributed by atoms with van der Waals surface area (Å²) in [5.74, 6) is 4.15. The first-order valence-electron chi connectivity index (χ1n) is 15.5. The summed E-state index contributed by atoms with van der Waals surface area (Å²) in [5.41, 5.74) is 5.98. The highest BCUT2D eigenvalue weighted by Gasteiger charge is 2.53. The number of carbonyl (C=O) groups excluding carboxylic acids is 1. The highest BCUT2D eigenvalue weighted by molar-refractivity contribution is 6.23. The molecule has 0 bridgehead atoms. The van der Waals surface area contributed by atoms with Crippen molar-refractivity contribution in [2.24, 2.45) is 41.2 Å². The van der Waals surface area contributed by atoms with Gasteiger partial charge in [-0.25, -0.2) is 0 Å². The predicted molar refractivity (Wildman–Crippen MR) is 148 cm³/mol. The molecule has 1 heterocycles. The SMILES string of the molecule is N=C(N)C1CCC2C(Cl)C(C(=O)NCC3CCCCC3)N(CC3CCC(C4CCCCC4)CC3)C2C1. The van der Waals surface area contributed by atoms with E-state index in [1.54, 1.807) is 0 Å². The summed E-state index contributed by atoms with van der Waals surface area (Å²) in [6, 6.07) is 0.0590. The Morgan fingerprint density at radius 3 is 2.14 bits per heavy atom. The maximum Gasteiger partial charge on any atom is 0.238 e. The zero-order chi connectivity index (χ0) is 25.1. The van der Waals surface area contributed by atoms with Crippen molar-refractivity contribution in [3.63, 3.8) is 0 Å². The molecular formula is C30H51ClN4O. The summed E-state index contributed by atoms with van der Waals surface area (Å²) in [7, 11) is 0. The lowest BCUT2D eigenvalue weighted by Gasteiger charge is -2.41. The molecule has 0 aromatic rings. The number of likely N-dealkylation sites (tertiary alicyclic amines) is 1. The lowest BCUT2D eigenvalue weighted by atomic mass is 9.71. The molecule has 1 saturated heterocycles. The molecule has 204 valence electrons. The van der Waals surface area contributed by atoms with Gasteiger partial charge in [-0.05, 0) is 87.4 Å². The largest absolute Gasteiger partial charge is 0.387 e. The van der Waals surface area contributed by atoms with Crippen LogP contribution in [0, 0.1) is 40.9 Å². The van der Waals surface area contributed by atoms with Gasteiger partial charge in [0, 0.05) is 25.0 Å². The number of rotatable bonds is 7. The number of amidine groups is 1. The maximum absolute atomic E-state index is 13.7. The van der Waals surface area contributed by atoms with Crippen molar-refractivity contribution in [2.75, 3.05) is 13.1 Å². The van der Waals surface area contributed by atoms with Crippen LogP contribution in [0.15, 0.2) is 0 Å². The number of carbonyl (C=O) groups is 1. The smallest absolute Gasteiger partial charge is 0.238 e. The summed E-state index contributed by atoms with van der Waals surface area (Å²) in [6.07, 6.45) is 21.8. The number of nitrogens with two attached hydrogens (primary N) is 1. The first-order valence-corrected chi connectivity index (χ1v) is 16.0. The summed E-state index contributed by atoms with van der Waals surface area (Å²) < 4.78 is 0. The van der Waals surface area contributed by atoms with Crippen LogP contribution in [-0.4, -0.2) is 47.2 Å². The average molecular weight is 519 g/mol. The summed E-state index contributed by atoms with van der Waals surface area (Å²) in [5, 5.41) is 11.3. The van der Waals surface area contributed by atoms with E-state index < -0.39 is 0 Å². The standard InChI is InChI=1S/C30H51ClN4O/c31-27-25-16-15-24(29(32)33)17-26(25)35(28(27)30(36)34-18-20-7-3-1-4-8-20)19-21-11-13-23(14-12-21)22-9-5-2-6-10-22/h20-28H,1-19H2,(H3,32,33)(H,34,36). The molecule has 0 radical (unpaired) electrons. The second kappa shape index (κ2) is 12.4. The molecule has 6 heteroatoms. The number of alkyl halides is 1. The van der Waals surface area contributed by atoms with Gasteiger partial charge in [0.25, 0.3) is 0 Å². The van der Waals surface area contributed by atoms with Gasteiger partial charge in [0.1, 0.15) is 6.04 Å². The number of nitrogens with one attached hydrogen (secondary N) is 2. The number of amides is 1. The Balaban J connectivity index is 1.24. The molecule has 0 aromatic heterocycles. The Labute approximate surface area is 224 Å². The summed E-state index contributed by atoms with van der Waals surface area (Å²) >= 11 is 7.15. The van der Waals surface area contributed by atoms with Crippen LogP contribution in [0.3, 0.4) is 0 Å². The molecule has 0 aromatic carbocycles. The molecule has 5 unspecified atom stereocenters. The first kappa shape index (κ1) is 26.8. The van der Waals surface area contributed by atoms with Crippen LogP contribution >= 0.6 is 11.6 Å². The second-order valence-electron chi connectivity index (χ2n) is 13.2. The third-order valence-corrected chi connectivity index (χ3v) is 11.6. The molecule has 5 fully saturated rings. The monoisotopic (exact) mass is 518 g/mol.